The summed E-state index contributed by atoms with van der Waals surface area (Å²) in [6, 6.07) is 0. The van der Waals surface area contributed by atoms with Crippen molar-refractivity contribution in [3.05, 3.63) is 6.42 Å². The molecule has 0 bridgehead atoms. The van der Waals surface area contributed by atoms with Crippen LogP contribution in [0.15, 0.2) is 0 Å². The first-order valence-corrected chi connectivity index (χ1v) is 6.07. The lowest BCUT2D eigenvalue weighted by molar-refractivity contribution is 0.391. The molecule has 12 heavy (non-hydrogen) atoms. The molecule has 1 radical (unpaired) electrons. The Morgan fingerprint density at radius 2 is 2.25 bits per heavy atom. The zero-order valence-corrected chi connectivity index (χ0v) is 8.31. The van der Waals surface area contributed by atoms with Gasteiger partial charge in [-0.15, -0.1) is 0 Å². The maximum atomic E-state index is 11.5. The summed E-state index contributed by atoms with van der Waals surface area (Å²) < 4.78 is 24.6. The molecule has 0 aromatic rings. The van der Waals surface area contributed by atoms with Crippen LogP contribution < -0.4 is 0 Å². The van der Waals surface area contributed by atoms with Crippen molar-refractivity contribution >= 4 is 10.0 Å². The summed E-state index contributed by atoms with van der Waals surface area (Å²) in [6.45, 7) is 3.21. The zero-order chi connectivity index (χ0) is 9.03. The van der Waals surface area contributed by atoms with Crippen LogP contribution in [0, 0.1) is 6.42 Å². The van der Waals surface area contributed by atoms with Gasteiger partial charge in [-0.3, -0.25) is 0 Å². The van der Waals surface area contributed by atoms with Crippen LogP contribution in [0.2, 0.25) is 0 Å². The third-order valence-electron chi connectivity index (χ3n) is 2.00. The van der Waals surface area contributed by atoms with Gasteiger partial charge in [-0.25, -0.2) is 12.7 Å². The summed E-state index contributed by atoms with van der Waals surface area (Å²) in [5.74, 6) is 0.292. The number of rotatable bonds is 3. The summed E-state index contributed by atoms with van der Waals surface area (Å²) in [5, 5.41) is 0. The first kappa shape index (κ1) is 9.99. The normalized spacial score (nSPS) is 21.1. The predicted molar refractivity (Wildman–Crippen MR) is 49.2 cm³/mol. The van der Waals surface area contributed by atoms with Gasteiger partial charge in [0.25, 0.3) is 0 Å². The molecule has 0 atom stereocenters. The molecular formula is C8H16NO2S. The van der Waals surface area contributed by atoms with Crippen molar-refractivity contribution in [3.63, 3.8) is 0 Å². The van der Waals surface area contributed by atoms with Crippen LogP contribution in [0.3, 0.4) is 0 Å². The van der Waals surface area contributed by atoms with E-state index in [9.17, 15) is 8.42 Å². The zero-order valence-electron chi connectivity index (χ0n) is 7.49. The van der Waals surface area contributed by atoms with Crippen molar-refractivity contribution in [3.8, 4) is 0 Å². The van der Waals surface area contributed by atoms with Gasteiger partial charge in [0.1, 0.15) is 0 Å². The van der Waals surface area contributed by atoms with E-state index >= 15 is 0 Å². The molecule has 1 aliphatic heterocycles. The van der Waals surface area contributed by atoms with Crippen molar-refractivity contribution in [1.82, 2.24) is 4.31 Å². The van der Waals surface area contributed by atoms with Crippen LogP contribution in [0.5, 0.6) is 0 Å². The molecule has 1 saturated heterocycles. The van der Waals surface area contributed by atoms with Crippen LogP contribution in [0.1, 0.15) is 26.2 Å². The van der Waals surface area contributed by atoms with E-state index in [1.54, 1.807) is 4.31 Å². The third kappa shape index (κ3) is 2.45. The lowest BCUT2D eigenvalue weighted by atomic mass is 10.2. The van der Waals surface area contributed by atoms with Crippen LogP contribution in [-0.2, 0) is 10.0 Å². The third-order valence-corrected chi connectivity index (χ3v) is 4.05. The molecule has 1 aliphatic rings. The molecule has 1 fully saturated rings. The molecule has 0 amide bonds. The van der Waals surface area contributed by atoms with Crippen LogP contribution >= 0.6 is 0 Å². The SMILES string of the molecule is CCCS(=O)(=O)N1C[CH]CCC1. The summed E-state index contributed by atoms with van der Waals surface area (Å²) in [4.78, 5) is 0. The molecule has 0 N–H and O–H groups in total. The van der Waals surface area contributed by atoms with Gasteiger partial charge in [-0.2, -0.15) is 0 Å². The fourth-order valence-corrected chi connectivity index (χ4v) is 2.89. The fraction of sp³-hybridized carbons (Fsp3) is 0.875. The minimum absolute atomic E-state index is 0.292. The second-order valence-electron chi connectivity index (χ2n) is 3.10. The van der Waals surface area contributed by atoms with E-state index < -0.39 is 10.0 Å². The highest BCUT2D eigenvalue weighted by Gasteiger charge is 2.22. The lowest BCUT2D eigenvalue weighted by Crippen LogP contribution is -2.37. The van der Waals surface area contributed by atoms with Crippen molar-refractivity contribution in [2.75, 3.05) is 18.8 Å². The maximum Gasteiger partial charge on any atom is 0.214 e. The molecule has 71 valence electrons. The minimum atomic E-state index is -2.93. The Kier molecular flexibility index (Phi) is 3.53. The number of sulfonamides is 1. The highest BCUT2D eigenvalue weighted by Crippen LogP contribution is 2.12. The number of nitrogens with zero attached hydrogens (tertiary/aromatic N) is 1. The molecule has 0 aromatic heterocycles. The molecule has 1 rings (SSSR count). The molecule has 1 heterocycles. The summed E-state index contributed by atoms with van der Waals surface area (Å²) in [6.07, 6.45) is 4.77. The molecule has 0 saturated carbocycles. The van der Waals surface area contributed by atoms with E-state index in [1.165, 1.54) is 0 Å². The predicted octanol–water partition coefficient (Wildman–Crippen LogP) is 1.03. The van der Waals surface area contributed by atoms with Crippen molar-refractivity contribution in [2.24, 2.45) is 0 Å². The number of hydrogen-bond acceptors (Lipinski definition) is 2. The average Bonchev–Trinajstić information content (AvgIpc) is 2.06. The smallest absolute Gasteiger partial charge is 0.212 e. The van der Waals surface area contributed by atoms with Gasteiger partial charge in [0.15, 0.2) is 0 Å². The van der Waals surface area contributed by atoms with Crippen LogP contribution in [0.25, 0.3) is 0 Å². The van der Waals surface area contributed by atoms with Gasteiger partial charge in [0, 0.05) is 13.1 Å². The monoisotopic (exact) mass is 190 g/mol. The Bertz CT molecular complexity index is 217. The Morgan fingerprint density at radius 1 is 1.50 bits per heavy atom. The summed E-state index contributed by atoms with van der Waals surface area (Å²) >= 11 is 0. The Labute approximate surface area is 74.8 Å². The van der Waals surface area contributed by atoms with Gasteiger partial charge < -0.3 is 0 Å². The first-order chi connectivity index (χ1) is 5.67. The van der Waals surface area contributed by atoms with E-state index in [0.29, 0.717) is 25.3 Å². The van der Waals surface area contributed by atoms with E-state index in [0.717, 1.165) is 12.8 Å². The second-order valence-corrected chi connectivity index (χ2v) is 5.19. The molecule has 4 heteroatoms. The Balaban J connectivity index is 2.54. The van der Waals surface area contributed by atoms with E-state index in [2.05, 4.69) is 0 Å². The lowest BCUT2D eigenvalue weighted by Gasteiger charge is -2.25. The van der Waals surface area contributed by atoms with Crippen molar-refractivity contribution < 1.29 is 8.42 Å². The summed E-state index contributed by atoms with van der Waals surface area (Å²) in [7, 11) is -2.93. The van der Waals surface area contributed by atoms with E-state index in [4.69, 9.17) is 0 Å². The van der Waals surface area contributed by atoms with E-state index in [-0.39, 0.29) is 0 Å². The minimum Gasteiger partial charge on any atom is -0.212 e. The molecule has 0 aliphatic carbocycles. The van der Waals surface area contributed by atoms with Gasteiger partial charge in [0.05, 0.1) is 5.75 Å². The van der Waals surface area contributed by atoms with Gasteiger partial charge in [0.2, 0.25) is 10.0 Å². The topological polar surface area (TPSA) is 37.4 Å². The average molecular weight is 190 g/mol. The quantitative estimate of drug-likeness (QED) is 0.666. The van der Waals surface area contributed by atoms with E-state index in [1.807, 2.05) is 13.3 Å². The summed E-state index contributed by atoms with van der Waals surface area (Å²) in [5.41, 5.74) is 0. The van der Waals surface area contributed by atoms with Crippen molar-refractivity contribution in [1.29, 1.82) is 0 Å². The maximum absolute atomic E-state index is 11.5. The van der Waals surface area contributed by atoms with Gasteiger partial charge in [-0.05, 0) is 25.7 Å². The molecule has 0 aromatic carbocycles. The molecule has 0 unspecified atom stereocenters. The fourth-order valence-electron chi connectivity index (χ4n) is 1.38. The molecule has 0 spiro atoms. The highest BCUT2D eigenvalue weighted by atomic mass is 32.2. The van der Waals surface area contributed by atoms with Crippen molar-refractivity contribution in [2.45, 2.75) is 26.2 Å². The number of hydrogen-bond donors (Lipinski definition) is 0. The van der Waals surface area contributed by atoms with Gasteiger partial charge >= 0.3 is 0 Å². The highest BCUT2D eigenvalue weighted by molar-refractivity contribution is 7.89. The van der Waals surface area contributed by atoms with Crippen LogP contribution in [-0.4, -0.2) is 31.6 Å². The van der Waals surface area contributed by atoms with Gasteiger partial charge in [-0.1, -0.05) is 6.92 Å². The first-order valence-electron chi connectivity index (χ1n) is 4.46. The second kappa shape index (κ2) is 4.23. The standard InChI is InChI=1S/C8H16NO2S/c1-2-8-12(10,11)9-6-4-3-5-7-9/h4H,2-3,5-8H2,1H3. The number of piperidine rings is 1. The Morgan fingerprint density at radius 3 is 2.75 bits per heavy atom. The van der Waals surface area contributed by atoms with Crippen LogP contribution in [0.4, 0.5) is 0 Å². The molecular weight excluding hydrogens is 174 g/mol. The Hall–Kier alpha value is -0.0900. The largest absolute Gasteiger partial charge is 0.214 e. The molecule has 3 nitrogen and oxygen atoms in total.